The van der Waals surface area contributed by atoms with E-state index in [4.69, 9.17) is 13.9 Å². The number of rotatable bonds is 8. The molecule has 0 heterocycles. The first kappa shape index (κ1) is 12.1. The molecular weight excluding hydrogens is 172 g/mol. The molecule has 0 fully saturated rings. The van der Waals surface area contributed by atoms with Gasteiger partial charge < -0.3 is 13.9 Å². The van der Waals surface area contributed by atoms with Crippen molar-refractivity contribution >= 4 is 9.76 Å². The smallest absolute Gasteiger partial charge is 0.170 e. The molecule has 1 unspecified atom stereocenters. The minimum absolute atomic E-state index is 0.140. The molecule has 0 N–H and O–H groups in total. The molecule has 3 nitrogen and oxygen atoms in total. The first-order valence-corrected chi connectivity index (χ1v) is 6.06. The summed E-state index contributed by atoms with van der Waals surface area (Å²) >= 11 is 0. The Bertz CT molecular complexity index is 90.4. The van der Waals surface area contributed by atoms with E-state index >= 15 is 0 Å². The van der Waals surface area contributed by atoms with E-state index < -0.39 is 0 Å². The Kier molecular flexibility index (Phi) is 9.26. The molecule has 0 rings (SSSR count). The summed E-state index contributed by atoms with van der Waals surface area (Å²) in [5.74, 6) is 0. The van der Waals surface area contributed by atoms with Crippen LogP contribution in [-0.2, 0) is 13.9 Å². The first-order chi connectivity index (χ1) is 5.85. The van der Waals surface area contributed by atoms with Gasteiger partial charge in [0, 0.05) is 14.2 Å². The van der Waals surface area contributed by atoms with Gasteiger partial charge in [-0.15, -0.1) is 0 Å². The molecule has 0 saturated carbocycles. The Morgan fingerprint density at radius 2 is 2.08 bits per heavy atom. The molecule has 0 aliphatic carbocycles. The topological polar surface area (TPSA) is 27.7 Å². The molecule has 0 saturated heterocycles. The highest BCUT2D eigenvalue weighted by Crippen LogP contribution is 1.98. The van der Waals surface area contributed by atoms with Crippen molar-refractivity contribution in [3.63, 3.8) is 0 Å². The van der Waals surface area contributed by atoms with E-state index in [1.807, 2.05) is 0 Å². The molecule has 0 amide bonds. The number of hydrogen-bond acceptors (Lipinski definition) is 3. The van der Waals surface area contributed by atoms with Crippen LogP contribution in [0.4, 0.5) is 0 Å². The Balaban J connectivity index is 3.19. The molecule has 4 heteroatoms. The van der Waals surface area contributed by atoms with Crippen LogP contribution >= 0.6 is 0 Å². The number of ether oxygens (including phenoxy) is 2. The van der Waals surface area contributed by atoms with Crippen LogP contribution in [0.2, 0.25) is 6.04 Å². The quantitative estimate of drug-likeness (QED) is 0.325. The molecule has 0 aliphatic heterocycles. The van der Waals surface area contributed by atoms with Gasteiger partial charge in [-0.2, -0.15) is 0 Å². The van der Waals surface area contributed by atoms with Crippen LogP contribution in [-0.4, -0.2) is 36.9 Å². The molecule has 74 valence electrons. The van der Waals surface area contributed by atoms with E-state index in [-0.39, 0.29) is 16.1 Å². The minimum Gasteiger partial charge on any atom is -0.398 e. The third-order valence-corrected chi connectivity index (χ3v) is 3.01. The maximum atomic E-state index is 5.53. The standard InChI is InChI=1S/C8H20O3Si/c1-4-5-6-12-11-8(10-3)7-9-2/h8H,4-7,12H2,1-3H3. The fourth-order valence-corrected chi connectivity index (χ4v) is 2.25. The highest BCUT2D eigenvalue weighted by atomic mass is 28.2. The van der Waals surface area contributed by atoms with Crippen LogP contribution in [0, 0.1) is 0 Å². The summed E-state index contributed by atoms with van der Waals surface area (Å²) in [7, 11) is 2.92. The third kappa shape index (κ3) is 6.79. The van der Waals surface area contributed by atoms with E-state index in [1.165, 1.54) is 18.9 Å². The lowest BCUT2D eigenvalue weighted by Crippen LogP contribution is -2.22. The van der Waals surface area contributed by atoms with Crippen LogP contribution in [0.3, 0.4) is 0 Å². The average molecular weight is 192 g/mol. The van der Waals surface area contributed by atoms with E-state index in [0.29, 0.717) is 6.61 Å². The van der Waals surface area contributed by atoms with Gasteiger partial charge in [0.05, 0.1) is 6.61 Å². The normalized spacial score (nSPS) is 14.2. The van der Waals surface area contributed by atoms with Crippen LogP contribution in [0.15, 0.2) is 0 Å². The zero-order valence-electron chi connectivity index (χ0n) is 8.34. The molecule has 1 atom stereocenters. The Morgan fingerprint density at radius 3 is 2.58 bits per heavy atom. The lowest BCUT2D eigenvalue weighted by atomic mass is 10.4. The molecule has 0 bridgehead atoms. The summed E-state index contributed by atoms with van der Waals surface area (Å²) in [6.07, 6.45) is 2.38. The van der Waals surface area contributed by atoms with Gasteiger partial charge in [0.15, 0.2) is 16.1 Å². The SMILES string of the molecule is CCCC[SiH2]OC(COC)OC. The number of hydrogen-bond donors (Lipinski definition) is 0. The van der Waals surface area contributed by atoms with Gasteiger partial charge in [-0.25, -0.2) is 0 Å². The monoisotopic (exact) mass is 192 g/mol. The largest absolute Gasteiger partial charge is 0.398 e. The van der Waals surface area contributed by atoms with Gasteiger partial charge in [-0.1, -0.05) is 19.8 Å². The van der Waals surface area contributed by atoms with Crippen LogP contribution in [0.1, 0.15) is 19.8 Å². The van der Waals surface area contributed by atoms with Crippen LogP contribution in [0.5, 0.6) is 0 Å². The predicted octanol–water partition coefficient (Wildman–Crippen LogP) is 0.924. The van der Waals surface area contributed by atoms with Crippen molar-refractivity contribution in [2.24, 2.45) is 0 Å². The van der Waals surface area contributed by atoms with Crippen LogP contribution in [0.25, 0.3) is 0 Å². The number of methoxy groups -OCH3 is 2. The molecule has 12 heavy (non-hydrogen) atoms. The number of unbranched alkanes of at least 4 members (excludes halogenated alkanes) is 1. The summed E-state index contributed by atoms with van der Waals surface area (Å²) in [6.45, 7) is 2.73. The third-order valence-electron chi connectivity index (χ3n) is 1.62. The highest BCUT2D eigenvalue weighted by molar-refractivity contribution is 6.27. The molecule has 0 aromatic carbocycles. The molecule has 0 aliphatic rings. The fraction of sp³-hybridized carbons (Fsp3) is 1.00. The predicted molar refractivity (Wildman–Crippen MR) is 52.0 cm³/mol. The van der Waals surface area contributed by atoms with Crippen molar-refractivity contribution in [1.29, 1.82) is 0 Å². The van der Waals surface area contributed by atoms with E-state index in [1.54, 1.807) is 14.2 Å². The molecule has 0 aromatic heterocycles. The average Bonchev–Trinajstić information content (AvgIpc) is 2.10. The van der Waals surface area contributed by atoms with Crippen molar-refractivity contribution in [2.75, 3.05) is 20.8 Å². The summed E-state index contributed by atoms with van der Waals surface area (Å²) in [5, 5.41) is 0. The Labute approximate surface area is 77.3 Å². The van der Waals surface area contributed by atoms with E-state index in [9.17, 15) is 0 Å². The van der Waals surface area contributed by atoms with Gasteiger partial charge >= 0.3 is 0 Å². The fourth-order valence-electron chi connectivity index (χ4n) is 0.887. The van der Waals surface area contributed by atoms with Crippen molar-refractivity contribution < 1.29 is 13.9 Å². The maximum Gasteiger partial charge on any atom is 0.170 e. The summed E-state index contributed by atoms with van der Waals surface area (Å²) in [6, 6.07) is 1.24. The van der Waals surface area contributed by atoms with Crippen molar-refractivity contribution in [3.8, 4) is 0 Å². The van der Waals surface area contributed by atoms with Gasteiger partial charge in [0.2, 0.25) is 0 Å². The lowest BCUT2D eigenvalue weighted by Gasteiger charge is -2.14. The summed E-state index contributed by atoms with van der Waals surface area (Å²) < 4.78 is 15.5. The molecular formula is C8H20O3Si. The lowest BCUT2D eigenvalue weighted by molar-refractivity contribution is -0.0928. The van der Waals surface area contributed by atoms with Crippen molar-refractivity contribution in [1.82, 2.24) is 0 Å². The van der Waals surface area contributed by atoms with Gasteiger partial charge in [0.25, 0.3) is 0 Å². The second-order valence-corrected chi connectivity index (χ2v) is 4.15. The first-order valence-electron chi connectivity index (χ1n) is 4.48. The zero-order valence-corrected chi connectivity index (χ0v) is 9.75. The Hall–Kier alpha value is 0.0969. The maximum absolute atomic E-state index is 5.53. The molecule has 0 spiro atoms. The summed E-state index contributed by atoms with van der Waals surface area (Å²) in [4.78, 5) is 0. The van der Waals surface area contributed by atoms with Crippen LogP contribution < -0.4 is 0 Å². The molecule has 0 aromatic rings. The van der Waals surface area contributed by atoms with E-state index in [2.05, 4.69) is 6.92 Å². The van der Waals surface area contributed by atoms with Gasteiger partial charge in [0.1, 0.15) is 0 Å². The second kappa shape index (κ2) is 9.19. The van der Waals surface area contributed by atoms with Crippen molar-refractivity contribution in [3.05, 3.63) is 0 Å². The minimum atomic E-state index is -0.383. The van der Waals surface area contributed by atoms with Crippen molar-refractivity contribution in [2.45, 2.75) is 32.1 Å². The second-order valence-electron chi connectivity index (χ2n) is 2.70. The molecule has 0 radical (unpaired) electrons. The highest BCUT2D eigenvalue weighted by Gasteiger charge is 2.04. The van der Waals surface area contributed by atoms with Gasteiger partial charge in [-0.05, 0) is 6.04 Å². The summed E-state index contributed by atoms with van der Waals surface area (Å²) in [5.41, 5.74) is 0. The van der Waals surface area contributed by atoms with E-state index in [0.717, 1.165) is 0 Å². The van der Waals surface area contributed by atoms with Gasteiger partial charge in [-0.3, -0.25) is 0 Å². The zero-order chi connectivity index (χ0) is 9.23. The Morgan fingerprint density at radius 1 is 1.33 bits per heavy atom.